The van der Waals surface area contributed by atoms with Crippen molar-refractivity contribution in [3.8, 4) is 0 Å². The molecule has 0 unspecified atom stereocenters. The van der Waals surface area contributed by atoms with Crippen molar-refractivity contribution in [3.05, 3.63) is 76.6 Å². The lowest BCUT2D eigenvalue weighted by molar-refractivity contribution is -0.117. The summed E-state index contributed by atoms with van der Waals surface area (Å²) in [7, 11) is 0. The van der Waals surface area contributed by atoms with Crippen molar-refractivity contribution < 1.29 is 9.18 Å². The van der Waals surface area contributed by atoms with Crippen molar-refractivity contribution in [1.82, 2.24) is 5.32 Å². The molecule has 114 valence electrons. The number of nitrogens with one attached hydrogen (secondary N) is 1. The molecule has 2 nitrogen and oxygen atoms in total. The molecule has 0 aromatic heterocycles. The van der Waals surface area contributed by atoms with Crippen LogP contribution < -0.4 is 5.32 Å². The highest BCUT2D eigenvalue weighted by atomic mass is 19.1. The molecule has 2 aromatic carbocycles. The van der Waals surface area contributed by atoms with Crippen LogP contribution in [0.5, 0.6) is 0 Å². The second-order valence-electron chi connectivity index (χ2n) is 5.48. The maximum Gasteiger partial charge on any atom is 0.244 e. The summed E-state index contributed by atoms with van der Waals surface area (Å²) in [6.07, 6.45) is 3.14. The minimum absolute atomic E-state index is 0.0639. The van der Waals surface area contributed by atoms with Crippen LogP contribution in [0.2, 0.25) is 0 Å². The monoisotopic (exact) mass is 297 g/mol. The third kappa shape index (κ3) is 4.29. The molecule has 22 heavy (non-hydrogen) atoms. The normalized spacial score (nSPS) is 12.4. The fourth-order valence-corrected chi connectivity index (χ4v) is 2.40. The topological polar surface area (TPSA) is 29.1 Å². The summed E-state index contributed by atoms with van der Waals surface area (Å²) < 4.78 is 12.8. The maximum absolute atomic E-state index is 12.8. The molecule has 2 rings (SSSR count). The van der Waals surface area contributed by atoms with Crippen molar-refractivity contribution in [1.29, 1.82) is 0 Å². The molecular weight excluding hydrogens is 277 g/mol. The van der Waals surface area contributed by atoms with Crippen LogP contribution in [0.25, 0.3) is 6.08 Å². The quantitative estimate of drug-likeness (QED) is 0.836. The van der Waals surface area contributed by atoms with Crippen LogP contribution in [0.3, 0.4) is 0 Å². The van der Waals surface area contributed by atoms with Crippen molar-refractivity contribution in [2.24, 2.45) is 0 Å². The molecule has 0 aliphatic carbocycles. The SMILES string of the molecule is Cc1ccc([C@H](C)NC(=O)/C=C/c2ccc(F)cc2)c(C)c1. The summed E-state index contributed by atoms with van der Waals surface area (Å²) in [5.41, 5.74) is 4.26. The Hall–Kier alpha value is -2.42. The fourth-order valence-electron chi connectivity index (χ4n) is 2.40. The lowest BCUT2D eigenvalue weighted by atomic mass is 10.0. The molecule has 2 aromatic rings. The minimum atomic E-state index is -0.287. The average molecular weight is 297 g/mol. The van der Waals surface area contributed by atoms with E-state index >= 15 is 0 Å². The van der Waals surface area contributed by atoms with Crippen LogP contribution in [0.15, 0.2) is 48.5 Å². The number of amides is 1. The molecule has 3 heteroatoms. The van der Waals surface area contributed by atoms with E-state index in [1.807, 2.05) is 32.9 Å². The lowest BCUT2D eigenvalue weighted by Crippen LogP contribution is -2.25. The van der Waals surface area contributed by atoms with E-state index < -0.39 is 0 Å². The first-order valence-corrected chi connectivity index (χ1v) is 7.27. The molecule has 0 heterocycles. The van der Waals surface area contributed by atoms with E-state index in [0.29, 0.717) is 0 Å². The van der Waals surface area contributed by atoms with Crippen molar-refractivity contribution in [3.63, 3.8) is 0 Å². The van der Waals surface area contributed by atoms with Gasteiger partial charge in [0.15, 0.2) is 0 Å². The van der Waals surface area contributed by atoms with Gasteiger partial charge in [-0.2, -0.15) is 0 Å². The van der Waals surface area contributed by atoms with E-state index in [1.165, 1.54) is 23.8 Å². The summed E-state index contributed by atoms with van der Waals surface area (Å²) in [6, 6.07) is 12.1. The van der Waals surface area contributed by atoms with Gasteiger partial charge >= 0.3 is 0 Å². The minimum Gasteiger partial charge on any atom is -0.346 e. The number of carbonyl (C=O) groups excluding carboxylic acids is 1. The van der Waals surface area contributed by atoms with Gasteiger partial charge in [0.25, 0.3) is 0 Å². The van der Waals surface area contributed by atoms with Gasteiger partial charge in [-0.25, -0.2) is 4.39 Å². The van der Waals surface area contributed by atoms with Gasteiger partial charge in [-0.15, -0.1) is 0 Å². The van der Waals surface area contributed by atoms with Crippen molar-refractivity contribution in [2.45, 2.75) is 26.8 Å². The molecular formula is C19H20FNO. The van der Waals surface area contributed by atoms with Crippen LogP contribution in [0.4, 0.5) is 4.39 Å². The van der Waals surface area contributed by atoms with Gasteiger partial charge < -0.3 is 5.32 Å². The average Bonchev–Trinajstić information content (AvgIpc) is 2.46. The van der Waals surface area contributed by atoms with Gasteiger partial charge in [0.05, 0.1) is 6.04 Å². The van der Waals surface area contributed by atoms with E-state index in [2.05, 4.69) is 11.4 Å². The number of hydrogen-bond donors (Lipinski definition) is 1. The highest BCUT2D eigenvalue weighted by Gasteiger charge is 2.10. The van der Waals surface area contributed by atoms with Crippen LogP contribution in [0, 0.1) is 19.7 Å². The summed E-state index contributed by atoms with van der Waals surface area (Å²) in [4.78, 5) is 12.0. The Morgan fingerprint density at radius 1 is 1.14 bits per heavy atom. The van der Waals surface area contributed by atoms with Crippen molar-refractivity contribution in [2.75, 3.05) is 0 Å². The molecule has 0 aliphatic rings. The molecule has 0 radical (unpaired) electrons. The molecule has 1 atom stereocenters. The van der Waals surface area contributed by atoms with E-state index in [9.17, 15) is 9.18 Å². The van der Waals surface area contributed by atoms with Crippen LogP contribution in [0.1, 0.15) is 35.2 Å². The summed E-state index contributed by atoms with van der Waals surface area (Å²) in [5.74, 6) is -0.457. The predicted octanol–water partition coefficient (Wildman–Crippen LogP) is 4.33. The lowest BCUT2D eigenvalue weighted by Gasteiger charge is -2.16. The Labute approximate surface area is 130 Å². The van der Waals surface area contributed by atoms with E-state index in [-0.39, 0.29) is 17.8 Å². The van der Waals surface area contributed by atoms with Gasteiger partial charge in [0.2, 0.25) is 5.91 Å². The zero-order valence-corrected chi connectivity index (χ0v) is 13.1. The van der Waals surface area contributed by atoms with E-state index in [1.54, 1.807) is 18.2 Å². The largest absolute Gasteiger partial charge is 0.346 e. The third-order valence-electron chi connectivity index (χ3n) is 3.55. The Balaban J connectivity index is 2.00. The molecule has 0 saturated heterocycles. The number of hydrogen-bond acceptors (Lipinski definition) is 1. The zero-order valence-electron chi connectivity index (χ0n) is 13.1. The van der Waals surface area contributed by atoms with E-state index in [4.69, 9.17) is 0 Å². The molecule has 0 fully saturated rings. The summed E-state index contributed by atoms with van der Waals surface area (Å²) in [6.45, 7) is 6.05. The van der Waals surface area contributed by atoms with Crippen LogP contribution >= 0.6 is 0 Å². The second-order valence-corrected chi connectivity index (χ2v) is 5.48. The van der Waals surface area contributed by atoms with Gasteiger partial charge in [-0.1, -0.05) is 35.9 Å². The van der Waals surface area contributed by atoms with Crippen LogP contribution in [-0.2, 0) is 4.79 Å². The fraction of sp³-hybridized carbons (Fsp3) is 0.211. The number of halogens is 1. The Morgan fingerprint density at radius 3 is 2.45 bits per heavy atom. The number of benzene rings is 2. The predicted molar refractivity (Wildman–Crippen MR) is 87.9 cm³/mol. The number of rotatable bonds is 4. The molecule has 1 N–H and O–H groups in total. The molecule has 0 spiro atoms. The third-order valence-corrected chi connectivity index (χ3v) is 3.55. The molecule has 0 saturated carbocycles. The van der Waals surface area contributed by atoms with Crippen molar-refractivity contribution >= 4 is 12.0 Å². The zero-order chi connectivity index (χ0) is 16.1. The Kier molecular flexibility index (Phi) is 5.10. The van der Waals surface area contributed by atoms with Gasteiger partial charge in [0, 0.05) is 6.08 Å². The summed E-state index contributed by atoms with van der Waals surface area (Å²) >= 11 is 0. The van der Waals surface area contributed by atoms with E-state index in [0.717, 1.165) is 16.7 Å². The highest BCUT2D eigenvalue weighted by Crippen LogP contribution is 2.18. The number of carbonyl (C=O) groups is 1. The smallest absolute Gasteiger partial charge is 0.244 e. The first-order chi connectivity index (χ1) is 10.5. The molecule has 1 amide bonds. The van der Waals surface area contributed by atoms with Crippen LogP contribution in [-0.4, -0.2) is 5.91 Å². The van der Waals surface area contributed by atoms with Gasteiger partial charge in [-0.3, -0.25) is 4.79 Å². The number of aryl methyl sites for hydroxylation is 2. The van der Waals surface area contributed by atoms with Gasteiger partial charge in [-0.05, 0) is 55.7 Å². The second kappa shape index (κ2) is 7.03. The summed E-state index contributed by atoms with van der Waals surface area (Å²) in [5, 5.41) is 2.94. The Morgan fingerprint density at radius 2 is 1.82 bits per heavy atom. The molecule has 0 aliphatic heterocycles. The molecule has 0 bridgehead atoms. The van der Waals surface area contributed by atoms with Gasteiger partial charge in [0.1, 0.15) is 5.82 Å². The highest BCUT2D eigenvalue weighted by molar-refractivity contribution is 5.91. The first kappa shape index (κ1) is 16.0. The standard InChI is InChI=1S/C19H20FNO/c1-13-4-10-18(14(2)12-13)15(3)21-19(22)11-7-16-5-8-17(20)9-6-16/h4-12,15H,1-3H3,(H,21,22)/b11-7+/t15-/m0/s1. The first-order valence-electron chi connectivity index (χ1n) is 7.27. The Bertz CT molecular complexity index is 689. The maximum atomic E-state index is 12.8.